The second-order valence-corrected chi connectivity index (χ2v) is 9.46. The summed E-state index contributed by atoms with van der Waals surface area (Å²) in [7, 11) is -3.50. The molecular formula is C19H23N5O4S. The normalized spacial score (nSPS) is 21.2. The van der Waals surface area contributed by atoms with Gasteiger partial charge >= 0.3 is 6.03 Å². The lowest BCUT2D eigenvalue weighted by atomic mass is 9.95. The SMILES string of the molecule is CC1COc2cc3c(c(NC(=O)N=S(N)(=O)c4cnn5c4OCCC5)c21)CCC3. The van der Waals surface area contributed by atoms with Gasteiger partial charge in [0, 0.05) is 24.4 Å². The van der Waals surface area contributed by atoms with Crippen molar-refractivity contribution in [3.63, 3.8) is 0 Å². The van der Waals surface area contributed by atoms with Crippen LogP contribution in [0.15, 0.2) is 21.5 Å². The fraction of sp³-hybridized carbons (Fsp3) is 0.474. The van der Waals surface area contributed by atoms with E-state index in [0.29, 0.717) is 25.6 Å². The zero-order valence-corrected chi connectivity index (χ0v) is 17.0. The van der Waals surface area contributed by atoms with Crippen LogP contribution in [0.5, 0.6) is 11.6 Å². The number of fused-ring (bicyclic) bond motifs is 3. The number of aromatic nitrogens is 2. The monoisotopic (exact) mass is 417 g/mol. The van der Waals surface area contributed by atoms with Crippen molar-refractivity contribution in [1.82, 2.24) is 9.78 Å². The molecule has 0 spiro atoms. The molecule has 2 unspecified atom stereocenters. The summed E-state index contributed by atoms with van der Waals surface area (Å²) in [6.45, 7) is 3.77. The second kappa shape index (κ2) is 6.74. The van der Waals surface area contributed by atoms with E-state index in [1.54, 1.807) is 4.68 Å². The fourth-order valence-electron chi connectivity index (χ4n) is 4.33. The van der Waals surface area contributed by atoms with Crippen LogP contribution in [0, 0.1) is 0 Å². The van der Waals surface area contributed by atoms with Crippen molar-refractivity contribution in [3.8, 4) is 11.6 Å². The van der Waals surface area contributed by atoms with Gasteiger partial charge in [0.1, 0.15) is 10.6 Å². The minimum Gasteiger partial charge on any atom is -0.493 e. The minimum absolute atomic E-state index is 0.146. The van der Waals surface area contributed by atoms with Crippen LogP contribution in [0.25, 0.3) is 0 Å². The standard InChI is InChI=1S/C19H23N5O4S/c1-11-10-28-14-8-12-4-2-5-13(12)17(16(11)14)22-19(25)23-29(20,26)15-9-21-24-6-3-7-27-18(15)24/h8-9,11H,2-7,10H2,1H3,(H3,20,22,23,25,26). The summed E-state index contributed by atoms with van der Waals surface area (Å²) in [4.78, 5) is 12.9. The molecule has 3 heterocycles. The summed E-state index contributed by atoms with van der Waals surface area (Å²) in [6.07, 6.45) is 5.04. The summed E-state index contributed by atoms with van der Waals surface area (Å²) >= 11 is 0. The number of nitrogens with zero attached hydrogens (tertiary/aromatic N) is 3. The van der Waals surface area contributed by atoms with Crippen LogP contribution in [0.1, 0.15) is 42.4 Å². The van der Waals surface area contributed by atoms with Gasteiger partial charge < -0.3 is 14.8 Å². The fourth-order valence-corrected chi connectivity index (χ4v) is 5.33. The highest BCUT2D eigenvalue weighted by Crippen LogP contribution is 2.45. The zero-order valence-electron chi connectivity index (χ0n) is 16.1. The number of anilines is 1. The van der Waals surface area contributed by atoms with Crippen molar-refractivity contribution in [2.45, 2.75) is 50.0 Å². The predicted molar refractivity (Wildman–Crippen MR) is 107 cm³/mol. The third-order valence-electron chi connectivity index (χ3n) is 5.66. The van der Waals surface area contributed by atoms with E-state index in [0.717, 1.165) is 48.2 Å². The molecule has 10 heteroatoms. The Balaban J connectivity index is 1.50. The molecule has 1 aliphatic carbocycles. The van der Waals surface area contributed by atoms with Crippen molar-refractivity contribution >= 4 is 21.6 Å². The van der Waals surface area contributed by atoms with Gasteiger partial charge in [-0.3, -0.25) is 0 Å². The van der Waals surface area contributed by atoms with E-state index in [1.807, 2.05) is 0 Å². The van der Waals surface area contributed by atoms with E-state index < -0.39 is 15.9 Å². The van der Waals surface area contributed by atoms with Crippen LogP contribution in [-0.4, -0.2) is 33.2 Å². The van der Waals surface area contributed by atoms with Gasteiger partial charge in [0.2, 0.25) is 5.88 Å². The van der Waals surface area contributed by atoms with Crippen molar-refractivity contribution in [2.24, 2.45) is 9.50 Å². The molecule has 0 bridgehead atoms. The van der Waals surface area contributed by atoms with Crippen LogP contribution >= 0.6 is 0 Å². The van der Waals surface area contributed by atoms with E-state index in [2.05, 4.69) is 27.8 Å². The maximum atomic E-state index is 13.0. The first kappa shape index (κ1) is 18.4. The smallest absolute Gasteiger partial charge is 0.354 e. The lowest BCUT2D eigenvalue weighted by molar-refractivity contribution is 0.224. The highest BCUT2D eigenvalue weighted by Gasteiger charge is 2.31. The average Bonchev–Trinajstić information content (AvgIpc) is 3.39. The van der Waals surface area contributed by atoms with Crippen LogP contribution in [-0.2, 0) is 29.3 Å². The first-order chi connectivity index (χ1) is 13.9. The van der Waals surface area contributed by atoms with E-state index in [4.69, 9.17) is 14.6 Å². The van der Waals surface area contributed by atoms with E-state index in [9.17, 15) is 9.00 Å². The molecule has 0 radical (unpaired) electrons. The highest BCUT2D eigenvalue weighted by atomic mass is 32.2. The topological polar surface area (TPSA) is 121 Å². The Kier molecular flexibility index (Phi) is 4.28. The van der Waals surface area contributed by atoms with Crippen molar-refractivity contribution in [3.05, 3.63) is 29.0 Å². The van der Waals surface area contributed by atoms with Crippen molar-refractivity contribution in [2.75, 3.05) is 18.5 Å². The minimum atomic E-state index is -3.50. The number of hydrogen-bond donors (Lipinski definition) is 2. The maximum absolute atomic E-state index is 13.0. The largest absolute Gasteiger partial charge is 0.493 e. The Hall–Kier alpha value is -2.59. The Bertz CT molecular complexity index is 1130. The van der Waals surface area contributed by atoms with Gasteiger partial charge in [0.15, 0.2) is 9.92 Å². The summed E-state index contributed by atoms with van der Waals surface area (Å²) in [5, 5.41) is 13.0. The molecule has 154 valence electrons. The summed E-state index contributed by atoms with van der Waals surface area (Å²) in [5.41, 5.74) is 4.00. The van der Waals surface area contributed by atoms with Crippen LogP contribution in [0.2, 0.25) is 0 Å². The van der Waals surface area contributed by atoms with Gasteiger partial charge in [0.25, 0.3) is 0 Å². The van der Waals surface area contributed by atoms with Crippen LogP contribution < -0.4 is 19.9 Å². The van der Waals surface area contributed by atoms with Gasteiger partial charge in [-0.15, -0.1) is 4.36 Å². The quantitative estimate of drug-likeness (QED) is 0.778. The van der Waals surface area contributed by atoms with E-state index in [-0.39, 0.29) is 10.8 Å². The molecule has 0 saturated carbocycles. The Morgan fingerprint density at radius 2 is 2.24 bits per heavy atom. The molecule has 0 fully saturated rings. The van der Waals surface area contributed by atoms with Crippen LogP contribution in [0.4, 0.5) is 10.5 Å². The highest BCUT2D eigenvalue weighted by molar-refractivity contribution is 7.91. The van der Waals surface area contributed by atoms with E-state index in [1.165, 1.54) is 11.8 Å². The molecule has 1 aromatic carbocycles. The molecule has 0 saturated heterocycles. The molecule has 3 N–H and O–H groups in total. The molecule has 9 nitrogen and oxygen atoms in total. The average molecular weight is 417 g/mol. The summed E-state index contributed by atoms with van der Waals surface area (Å²) < 4.78 is 29.8. The Morgan fingerprint density at radius 1 is 1.38 bits per heavy atom. The Morgan fingerprint density at radius 3 is 3.10 bits per heavy atom. The number of carbonyl (C=O) groups is 1. The molecule has 1 aromatic heterocycles. The molecule has 29 heavy (non-hydrogen) atoms. The molecule has 2 atom stereocenters. The van der Waals surface area contributed by atoms with Gasteiger partial charge in [0.05, 0.1) is 25.1 Å². The van der Waals surface area contributed by atoms with E-state index >= 15 is 0 Å². The third-order valence-corrected chi connectivity index (χ3v) is 7.01. The molecule has 3 aliphatic rings. The second-order valence-electron chi connectivity index (χ2n) is 7.70. The summed E-state index contributed by atoms with van der Waals surface area (Å²) in [5.74, 6) is 1.29. The number of urea groups is 1. The first-order valence-corrected chi connectivity index (χ1v) is 11.4. The Labute approximate surface area is 168 Å². The number of aryl methyl sites for hydroxylation is 2. The van der Waals surface area contributed by atoms with Crippen molar-refractivity contribution < 1.29 is 18.5 Å². The molecule has 2 aromatic rings. The number of rotatable bonds is 2. The maximum Gasteiger partial charge on any atom is 0.354 e. The van der Waals surface area contributed by atoms with Crippen molar-refractivity contribution in [1.29, 1.82) is 0 Å². The number of carbonyl (C=O) groups excluding carboxylic acids is 1. The molecule has 5 rings (SSSR count). The van der Waals surface area contributed by atoms with Gasteiger partial charge in [-0.1, -0.05) is 6.92 Å². The molecule has 2 aliphatic heterocycles. The number of hydrogen-bond acceptors (Lipinski definition) is 5. The molecular weight excluding hydrogens is 394 g/mol. The lowest BCUT2D eigenvalue weighted by Gasteiger charge is -2.17. The number of ether oxygens (including phenoxy) is 2. The zero-order chi connectivity index (χ0) is 20.2. The van der Waals surface area contributed by atoms with Gasteiger partial charge in [-0.25, -0.2) is 18.8 Å². The summed E-state index contributed by atoms with van der Waals surface area (Å²) in [6, 6.07) is 1.34. The lowest BCUT2D eigenvalue weighted by Crippen LogP contribution is -2.21. The predicted octanol–water partition coefficient (Wildman–Crippen LogP) is 2.58. The molecule has 2 amide bonds. The number of benzene rings is 1. The number of nitrogens with one attached hydrogen (secondary N) is 1. The number of amides is 2. The third kappa shape index (κ3) is 3.06. The van der Waals surface area contributed by atoms with Gasteiger partial charge in [-0.05, 0) is 36.5 Å². The van der Waals surface area contributed by atoms with Gasteiger partial charge in [-0.2, -0.15) is 5.10 Å². The number of nitrogens with two attached hydrogens (primary N) is 1. The first-order valence-electron chi connectivity index (χ1n) is 9.80. The van der Waals surface area contributed by atoms with Crippen LogP contribution in [0.3, 0.4) is 0 Å².